The van der Waals surface area contributed by atoms with Gasteiger partial charge in [-0.05, 0) is 40.0 Å². The van der Waals surface area contributed by atoms with E-state index in [-0.39, 0.29) is 10.8 Å². The van der Waals surface area contributed by atoms with Crippen molar-refractivity contribution in [3.8, 4) is 5.75 Å². The molecule has 0 bridgehead atoms. The molecule has 0 radical (unpaired) electrons. The van der Waals surface area contributed by atoms with E-state index in [1.165, 1.54) is 6.08 Å². The Morgan fingerprint density at radius 3 is 1.71 bits per heavy atom. The van der Waals surface area contributed by atoms with Crippen molar-refractivity contribution in [2.75, 3.05) is 0 Å². The van der Waals surface area contributed by atoms with E-state index in [2.05, 4.69) is 41.5 Å². The summed E-state index contributed by atoms with van der Waals surface area (Å²) in [5.74, 6) is 0.366. The molecule has 1 aromatic rings. The molecule has 0 atom stereocenters. The van der Waals surface area contributed by atoms with Crippen LogP contribution < -0.4 is 0 Å². The van der Waals surface area contributed by atoms with E-state index < -0.39 is 6.29 Å². The van der Waals surface area contributed by atoms with Crippen LogP contribution in [-0.4, -0.2) is 21.6 Å². The van der Waals surface area contributed by atoms with Gasteiger partial charge in [0.1, 0.15) is 5.75 Å². The number of phenolic OH excluding ortho intramolecular Hbond substituents is 1. The number of hydrogen-bond acceptors (Lipinski definition) is 3. The molecular weight excluding hydrogens is 264 g/mol. The summed E-state index contributed by atoms with van der Waals surface area (Å²) >= 11 is 0. The van der Waals surface area contributed by atoms with Gasteiger partial charge in [-0.2, -0.15) is 0 Å². The first-order valence-electron chi connectivity index (χ1n) is 7.32. The Kier molecular flexibility index (Phi) is 5.24. The van der Waals surface area contributed by atoms with Gasteiger partial charge in [-0.1, -0.05) is 59.8 Å². The summed E-state index contributed by atoms with van der Waals surface area (Å²) in [5, 5.41) is 28.3. The highest BCUT2D eigenvalue weighted by Crippen LogP contribution is 2.39. The van der Waals surface area contributed by atoms with Crippen LogP contribution in [-0.2, 0) is 17.3 Å². The summed E-state index contributed by atoms with van der Waals surface area (Å²) in [4.78, 5) is 0. The van der Waals surface area contributed by atoms with Crippen molar-refractivity contribution in [3.05, 3.63) is 41.0 Å². The van der Waals surface area contributed by atoms with Gasteiger partial charge in [0.2, 0.25) is 0 Å². The van der Waals surface area contributed by atoms with Crippen LogP contribution in [0, 0.1) is 0 Å². The van der Waals surface area contributed by atoms with Crippen molar-refractivity contribution >= 4 is 0 Å². The van der Waals surface area contributed by atoms with Crippen molar-refractivity contribution in [2.45, 2.75) is 65.1 Å². The van der Waals surface area contributed by atoms with Crippen molar-refractivity contribution in [3.63, 3.8) is 0 Å². The molecule has 0 amide bonds. The van der Waals surface area contributed by atoms with E-state index in [9.17, 15) is 5.11 Å². The molecule has 0 fully saturated rings. The van der Waals surface area contributed by atoms with Crippen LogP contribution in [0.25, 0.3) is 0 Å². The Morgan fingerprint density at radius 1 is 0.952 bits per heavy atom. The molecular formula is C18H28O3. The van der Waals surface area contributed by atoms with Crippen molar-refractivity contribution < 1.29 is 15.3 Å². The molecule has 0 aromatic heterocycles. The average molecular weight is 292 g/mol. The fraction of sp³-hybridized carbons (Fsp3) is 0.556. The van der Waals surface area contributed by atoms with Gasteiger partial charge in [-0.15, -0.1) is 0 Å². The minimum absolute atomic E-state index is 0.152. The number of rotatable bonds is 3. The molecule has 3 nitrogen and oxygen atoms in total. The molecule has 3 N–H and O–H groups in total. The smallest absolute Gasteiger partial charge is 0.171 e. The zero-order valence-electron chi connectivity index (χ0n) is 13.9. The third-order valence-electron chi connectivity index (χ3n) is 3.45. The maximum atomic E-state index is 10.6. The Morgan fingerprint density at radius 2 is 1.38 bits per heavy atom. The van der Waals surface area contributed by atoms with E-state index >= 15 is 0 Å². The summed E-state index contributed by atoms with van der Waals surface area (Å²) in [6, 6.07) is 4.00. The zero-order valence-corrected chi connectivity index (χ0v) is 13.9. The third kappa shape index (κ3) is 4.87. The Labute approximate surface area is 128 Å². The molecule has 118 valence electrons. The Bertz CT molecular complexity index is 479. The van der Waals surface area contributed by atoms with Gasteiger partial charge in [-0.3, -0.25) is 0 Å². The van der Waals surface area contributed by atoms with E-state index in [1.54, 1.807) is 6.08 Å². The summed E-state index contributed by atoms with van der Waals surface area (Å²) in [5.41, 5.74) is 2.59. The van der Waals surface area contributed by atoms with Crippen molar-refractivity contribution in [1.29, 1.82) is 0 Å². The van der Waals surface area contributed by atoms with Crippen LogP contribution in [0.3, 0.4) is 0 Å². The lowest BCUT2D eigenvalue weighted by Crippen LogP contribution is -2.17. The van der Waals surface area contributed by atoms with Crippen LogP contribution in [0.5, 0.6) is 5.75 Å². The molecule has 0 saturated heterocycles. The second kappa shape index (κ2) is 6.20. The largest absolute Gasteiger partial charge is 0.507 e. The molecule has 1 rings (SSSR count). The topological polar surface area (TPSA) is 60.7 Å². The number of phenols is 1. The lowest BCUT2D eigenvalue weighted by atomic mass is 9.78. The average Bonchev–Trinajstić information content (AvgIpc) is 2.27. The van der Waals surface area contributed by atoms with Crippen molar-refractivity contribution in [2.24, 2.45) is 0 Å². The number of aliphatic hydroxyl groups excluding tert-OH is 1. The number of hydrogen-bond donors (Lipinski definition) is 3. The Hall–Kier alpha value is -1.32. The third-order valence-corrected chi connectivity index (χ3v) is 3.45. The maximum Gasteiger partial charge on any atom is 0.171 e. The summed E-state index contributed by atoms with van der Waals surface area (Å²) < 4.78 is 0. The fourth-order valence-electron chi connectivity index (χ4n) is 2.28. The fourth-order valence-corrected chi connectivity index (χ4v) is 2.28. The highest BCUT2D eigenvalue weighted by molar-refractivity contribution is 5.50. The lowest BCUT2D eigenvalue weighted by Gasteiger charge is -2.28. The summed E-state index contributed by atoms with van der Waals surface area (Å²) in [6.07, 6.45) is 2.26. The molecule has 0 aliphatic rings. The van der Waals surface area contributed by atoms with Gasteiger partial charge < -0.3 is 15.3 Å². The van der Waals surface area contributed by atoms with E-state index in [0.29, 0.717) is 12.2 Å². The zero-order chi connectivity index (χ0) is 16.4. The number of benzene rings is 1. The first-order valence-corrected chi connectivity index (χ1v) is 7.32. The van der Waals surface area contributed by atoms with Gasteiger partial charge in [-0.25, -0.2) is 0 Å². The highest BCUT2D eigenvalue weighted by atomic mass is 16.5. The molecule has 0 saturated carbocycles. The quantitative estimate of drug-likeness (QED) is 0.591. The highest BCUT2D eigenvalue weighted by Gasteiger charge is 2.26. The van der Waals surface area contributed by atoms with Gasteiger partial charge in [0.25, 0.3) is 0 Å². The van der Waals surface area contributed by atoms with E-state index in [1.807, 2.05) is 12.1 Å². The molecule has 0 unspecified atom stereocenters. The SMILES string of the molecule is CC(C)(C)c1cc(CC=CC(O)O)cc(C(C)(C)C)c1O. The van der Waals surface area contributed by atoms with Crippen LogP contribution in [0.4, 0.5) is 0 Å². The summed E-state index contributed by atoms with van der Waals surface area (Å²) in [6.45, 7) is 12.4. The molecule has 0 aliphatic heterocycles. The van der Waals surface area contributed by atoms with Gasteiger partial charge in [0.05, 0.1) is 0 Å². The molecule has 3 heteroatoms. The summed E-state index contributed by atoms with van der Waals surface area (Å²) in [7, 11) is 0. The predicted molar refractivity (Wildman–Crippen MR) is 86.6 cm³/mol. The maximum absolute atomic E-state index is 10.6. The lowest BCUT2D eigenvalue weighted by molar-refractivity contribution is 0.00220. The predicted octanol–water partition coefficient (Wildman–Crippen LogP) is 3.40. The number of aromatic hydroxyl groups is 1. The monoisotopic (exact) mass is 292 g/mol. The standard InChI is InChI=1S/C18H28O3/c1-17(2,3)13-10-12(8-7-9-15(19)20)11-14(16(13)21)18(4,5)6/h7,9-11,15,19-21H,8H2,1-6H3. The first kappa shape index (κ1) is 17.7. The molecule has 21 heavy (non-hydrogen) atoms. The van der Waals surface area contributed by atoms with E-state index in [0.717, 1.165) is 16.7 Å². The Balaban J connectivity index is 3.34. The minimum atomic E-state index is -1.42. The number of allylic oxidation sites excluding steroid dienone is 1. The molecule has 1 aromatic carbocycles. The van der Waals surface area contributed by atoms with Crippen LogP contribution in [0.2, 0.25) is 0 Å². The van der Waals surface area contributed by atoms with Crippen LogP contribution >= 0.6 is 0 Å². The second-order valence-electron chi connectivity index (χ2n) is 7.59. The molecule has 0 heterocycles. The van der Waals surface area contributed by atoms with Crippen LogP contribution in [0.1, 0.15) is 58.2 Å². The minimum Gasteiger partial charge on any atom is -0.507 e. The van der Waals surface area contributed by atoms with Gasteiger partial charge >= 0.3 is 0 Å². The molecule has 0 aliphatic carbocycles. The molecule has 0 spiro atoms. The van der Waals surface area contributed by atoms with Gasteiger partial charge in [0.15, 0.2) is 6.29 Å². The van der Waals surface area contributed by atoms with Crippen LogP contribution in [0.15, 0.2) is 24.3 Å². The normalized spacial score (nSPS) is 13.4. The first-order chi connectivity index (χ1) is 9.43. The van der Waals surface area contributed by atoms with E-state index in [4.69, 9.17) is 10.2 Å². The van der Waals surface area contributed by atoms with Crippen molar-refractivity contribution in [1.82, 2.24) is 0 Å². The van der Waals surface area contributed by atoms with Gasteiger partial charge in [0, 0.05) is 0 Å². The second-order valence-corrected chi connectivity index (χ2v) is 7.59. The number of aliphatic hydroxyl groups is 2.